The Morgan fingerprint density at radius 3 is 2.26 bits per heavy atom. The number of halogens is 3. The maximum atomic E-state index is 12.5. The van der Waals surface area contributed by atoms with Crippen molar-refractivity contribution in [3.05, 3.63) is 0 Å². The number of likely N-dealkylation sites (N-methyl/N-ethyl adjacent to an activating group) is 1. The molecule has 0 spiro atoms. The van der Waals surface area contributed by atoms with Crippen LogP contribution in [-0.4, -0.2) is 73.7 Å². The second kappa shape index (κ2) is 6.06. The Balaban J connectivity index is 2.31. The van der Waals surface area contributed by atoms with Gasteiger partial charge in [-0.2, -0.15) is 13.2 Å². The summed E-state index contributed by atoms with van der Waals surface area (Å²) in [7, 11) is 2.02. The van der Waals surface area contributed by atoms with Gasteiger partial charge < -0.3 is 16.0 Å². The lowest BCUT2D eigenvalue weighted by Crippen LogP contribution is -2.62. The number of piperazine rings is 1. The zero-order chi connectivity index (χ0) is 14.7. The average Bonchev–Trinajstić information content (AvgIpc) is 2.30. The van der Waals surface area contributed by atoms with Crippen molar-refractivity contribution in [2.75, 3.05) is 46.3 Å². The first-order chi connectivity index (χ1) is 8.64. The van der Waals surface area contributed by atoms with Crippen LogP contribution in [0.4, 0.5) is 13.2 Å². The molecule has 1 saturated heterocycles. The van der Waals surface area contributed by atoms with Crippen LogP contribution < -0.4 is 11.1 Å². The summed E-state index contributed by atoms with van der Waals surface area (Å²) in [6, 6.07) is 0. The Hall–Kier alpha value is -0.860. The van der Waals surface area contributed by atoms with Crippen molar-refractivity contribution in [1.29, 1.82) is 0 Å². The molecule has 0 aliphatic carbocycles. The van der Waals surface area contributed by atoms with Gasteiger partial charge in [0.1, 0.15) is 0 Å². The quantitative estimate of drug-likeness (QED) is 0.738. The highest BCUT2D eigenvalue weighted by atomic mass is 19.4. The first kappa shape index (κ1) is 16.2. The predicted molar refractivity (Wildman–Crippen MR) is 65.6 cm³/mol. The average molecular weight is 282 g/mol. The van der Waals surface area contributed by atoms with Crippen molar-refractivity contribution in [3.8, 4) is 0 Å². The number of rotatable bonds is 4. The number of amides is 1. The van der Waals surface area contributed by atoms with E-state index in [0.29, 0.717) is 13.5 Å². The molecule has 0 radical (unpaired) electrons. The standard InChI is InChI=1S/C11H21F3N4O/c1-10(15,11(12,13)14)9(19)16-3-4-18-7-5-17(2)6-8-18/h3-8,15H2,1-2H3,(H,16,19). The van der Waals surface area contributed by atoms with Gasteiger partial charge in [-0.25, -0.2) is 0 Å². The zero-order valence-electron chi connectivity index (χ0n) is 11.3. The molecule has 1 heterocycles. The molecule has 0 bridgehead atoms. The molecule has 1 aliphatic heterocycles. The van der Waals surface area contributed by atoms with Gasteiger partial charge in [0.25, 0.3) is 0 Å². The van der Waals surface area contributed by atoms with E-state index in [0.717, 1.165) is 26.2 Å². The van der Waals surface area contributed by atoms with E-state index in [1.54, 1.807) is 0 Å². The van der Waals surface area contributed by atoms with E-state index in [4.69, 9.17) is 5.73 Å². The third kappa shape index (κ3) is 4.32. The Kier molecular flexibility index (Phi) is 5.17. The summed E-state index contributed by atoms with van der Waals surface area (Å²) in [5.41, 5.74) is 2.18. The number of carbonyl (C=O) groups is 1. The molecule has 3 N–H and O–H groups in total. The van der Waals surface area contributed by atoms with E-state index in [1.807, 2.05) is 7.05 Å². The first-order valence-corrected chi connectivity index (χ1v) is 6.19. The number of nitrogens with two attached hydrogens (primary N) is 1. The second-order valence-corrected chi connectivity index (χ2v) is 5.10. The lowest BCUT2D eigenvalue weighted by molar-refractivity contribution is -0.187. The molecule has 1 fully saturated rings. The highest BCUT2D eigenvalue weighted by Crippen LogP contribution is 2.27. The van der Waals surface area contributed by atoms with Crippen molar-refractivity contribution in [2.45, 2.75) is 18.6 Å². The van der Waals surface area contributed by atoms with E-state index in [2.05, 4.69) is 15.1 Å². The van der Waals surface area contributed by atoms with Gasteiger partial charge in [-0.1, -0.05) is 0 Å². The molecular formula is C11H21F3N4O. The van der Waals surface area contributed by atoms with Crippen LogP contribution in [0.3, 0.4) is 0 Å². The fourth-order valence-corrected chi connectivity index (χ4v) is 1.71. The van der Waals surface area contributed by atoms with Crippen LogP contribution in [0.5, 0.6) is 0 Å². The van der Waals surface area contributed by atoms with Crippen LogP contribution in [0.15, 0.2) is 0 Å². The van der Waals surface area contributed by atoms with E-state index < -0.39 is 17.6 Å². The van der Waals surface area contributed by atoms with Crippen molar-refractivity contribution in [3.63, 3.8) is 0 Å². The van der Waals surface area contributed by atoms with Crippen molar-refractivity contribution in [1.82, 2.24) is 15.1 Å². The summed E-state index contributed by atoms with van der Waals surface area (Å²) in [6.45, 7) is 4.93. The fraction of sp³-hybridized carbons (Fsp3) is 0.909. The first-order valence-electron chi connectivity index (χ1n) is 6.19. The normalized spacial score (nSPS) is 22.0. The van der Waals surface area contributed by atoms with Gasteiger partial charge >= 0.3 is 6.18 Å². The highest BCUT2D eigenvalue weighted by Gasteiger charge is 2.53. The zero-order valence-corrected chi connectivity index (χ0v) is 11.3. The van der Waals surface area contributed by atoms with E-state index in [1.165, 1.54) is 0 Å². The molecule has 1 amide bonds. The maximum Gasteiger partial charge on any atom is 0.415 e. The minimum absolute atomic E-state index is 0.172. The molecule has 112 valence electrons. The van der Waals surface area contributed by atoms with E-state index in [-0.39, 0.29) is 6.54 Å². The van der Waals surface area contributed by atoms with Crippen molar-refractivity contribution < 1.29 is 18.0 Å². The summed E-state index contributed by atoms with van der Waals surface area (Å²) in [5, 5.41) is 2.25. The number of alkyl halides is 3. The topological polar surface area (TPSA) is 61.6 Å². The van der Waals surface area contributed by atoms with Crippen LogP contribution in [-0.2, 0) is 4.79 Å². The lowest BCUT2D eigenvalue weighted by atomic mass is 10.0. The molecule has 0 aromatic rings. The van der Waals surface area contributed by atoms with Gasteiger partial charge in [-0.15, -0.1) is 0 Å². The van der Waals surface area contributed by atoms with Crippen LogP contribution in [0.25, 0.3) is 0 Å². The molecule has 1 rings (SSSR count). The Labute approximate surface area is 110 Å². The Morgan fingerprint density at radius 1 is 1.26 bits per heavy atom. The van der Waals surface area contributed by atoms with E-state index in [9.17, 15) is 18.0 Å². The maximum absolute atomic E-state index is 12.5. The largest absolute Gasteiger partial charge is 0.415 e. The van der Waals surface area contributed by atoms with Crippen LogP contribution in [0.2, 0.25) is 0 Å². The van der Waals surface area contributed by atoms with Gasteiger partial charge in [0, 0.05) is 39.3 Å². The monoisotopic (exact) mass is 282 g/mol. The van der Waals surface area contributed by atoms with Gasteiger partial charge in [0.2, 0.25) is 5.91 Å². The molecule has 1 atom stereocenters. The van der Waals surface area contributed by atoms with Crippen LogP contribution in [0.1, 0.15) is 6.92 Å². The lowest BCUT2D eigenvalue weighted by Gasteiger charge is -2.32. The third-order valence-corrected chi connectivity index (χ3v) is 3.37. The summed E-state index contributed by atoms with van der Waals surface area (Å²) in [4.78, 5) is 15.7. The Bertz CT molecular complexity index is 312. The molecule has 8 heteroatoms. The minimum Gasteiger partial charge on any atom is -0.353 e. The number of hydrogen-bond acceptors (Lipinski definition) is 4. The molecular weight excluding hydrogens is 261 g/mol. The van der Waals surface area contributed by atoms with E-state index >= 15 is 0 Å². The van der Waals surface area contributed by atoms with Crippen LogP contribution in [0, 0.1) is 0 Å². The number of nitrogens with zero attached hydrogens (tertiary/aromatic N) is 2. The molecule has 1 unspecified atom stereocenters. The third-order valence-electron chi connectivity index (χ3n) is 3.37. The molecule has 5 nitrogen and oxygen atoms in total. The molecule has 0 saturated carbocycles. The van der Waals surface area contributed by atoms with Gasteiger partial charge in [0.15, 0.2) is 5.54 Å². The predicted octanol–water partition coefficient (Wildman–Crippen LogP) is -0.370. The minimum atomic E-state index is -4.75. The molecule has 0 aromatic carbocycles. The second-order valence-electron chi connectivity index (χ2n) is 5.10. The molecule has 1 aliphatic rings. The Morgan fingerprint density at radius 2 is 1.79 bits per heavy atom. The fourth-order valence-electron chi connectivity index (χ4n) is 1.71. The smallest absolute Gasteiger partial charge is 0.353 e. The number of hydrogen-bond donors (Lipinski definition) is 2. The SMILES string of the molecule is CN1CCN(CCNC(=O)C(C)(N)C(F)(F)F)CC1. The van der Waals surface area contributed by atoms with Gasteiger partial charge in [-0.05, 0) is 14.0 Å². The van der Waals surface area contributed by atoms with Crippen molar-refractivity contribution >= 4 is 5.91 Å². The van der Waals surface area contributed by atoms with Gasteiger partial charge in [0.05, 0.1) is 0 Å². The van der Waals surface area contributed by atoms with Crippen molar-refractivity contribution in [2.24, 2.45) is 5.73 Å². The van der Waals surface area contributed by atoms with Gasteiger partial charge in [-0.3, -0.25) is 9.69 Å². The van der Waals surface area contributed by atoms with Crippen LogP contribution >= 0.6 is 0 Å². The molecule has 19 heavy (non-hydrogen) atoms. The summed E-state index contributed by atoms with van der Waals surface area (Å²) in [5.74, 6) is -1.19. The summed E-state index contributed by atoms with van der Waals surface area (Å²) < 4.78 is 37.5. The number of carbonyl (C=O) groups excluding carboxylic acids is 1. The molecule has 0 aromatic heterocycles. The number of nitrogens with one attached hydrogen (secondary N) is 1. The summed E-state index contributed by atoms with van der Waals surface area (Å²) >= 11 is 0. The summed E-state index contributed by atoms with van der Waals surface area (Å²) in [6.07, 6.45) is -4.75. The highest BCUT2D eigenvalue weighted by molar-refractivity contribution is 5.86.